The third-order valence-electron chi connectivity index (χ3n) is 8.60. The molecule has 0 unspecified atom stereocenters. The number of methoxy groups -OCH3 is 6. The molecule has 6 atom stereocenters. The fourth-order valence-corrected chi connectivity index (χ4v) is 7.60. The number of rotatable bonds is 15. The van der Waals surface area contributed by atoms with Crippen molar-refractivity contribution in [1.82, 2.24) is 0 Å². The van der Waals surface area contributed by atoms with E-state index in [0.717, 1.165) is 33.4 Å². The van der Waals surface area contributed by atoms with Gasteiger partial charge in [-0.1, -0.05) is 18.2 Å². The Morgan fingerprint density at radius 3 is 0.628 bits per heavy atom. The van der Waals surface area contributed by atoms with Crippen molar-refractivity contribution in [2.24, 2.45) is 0 Å². The molecule has 0 saturated heterocycles. The Bertz CT molecular complexity index is 1080. The SMILES string of the molecule is CO[C@H](C)c1cc([C@@H](C)OC)cc(P(c2cc([C@@H](C)OC)cc([C@@H](C)OC)c2)c2cc([C@@H](C)OC)cc([C@@H](C)OC)c2)c1. The van der Waals surface area contributed by atoms with Gasteiger partial charge in [-0.05, 0) is 135 Å². The van der Waals surface area contributed by atoms with Crippen LogP contribution in [-0.4, -0.2) is 42.7 Å². The lowest BCUT2D eigenvalue weighted by Crippen LogP contribution is -2.25. The van der Waals surface area contributed by atoms with Crippen LogP contribution in [0, 0.1) is 0 Å². The van der Waals surface area contributed by atoms with Gasteiger partial charge in [0.15, 0.2) is 0 Å². The van der Waals surface area contributed by atoms with Crippen LogP contribution in [0.4, 0.5) is 0 Å². The molecular formula is C36H51O6P. The molecule has 0 heterocycles. The molecule has 0 aliphatic heterocycles. The van der Waals surface area contributed by atoms with E-state index in [4.69, 9.17) is 28.4 Å². The summed E-state index contributed by atoms with van der Waals surface area (Å²) in [7, 11) is 9.45. The molecule has 3 aromatic rings. The summed E-state index contributed by atoms with van der Waals surface area (Å²) in [5.74, 6) is 0. The number of ether oxygens (including phenoxy) is 6. The summed E-state index contributed by atoms with van der Waals surface area (Å²) in [6.07, 6.45) is -0.459. The van der Waals surface area contributed by atoms with E-state index < -0.39 is 7.92 Å². The largest absolute Gasteiger partial charge is 0.377 e. The summed E-state index contributed by atoms with van der Waals surface area (Å²) >= 11 is 0. The Morgan fingerprint density at radius 2 is 0.488 bits per heavy atom. The molecule has 3 aromatic carbocycles. The van der Waals surface area contributed by atoms with Crippen LogP contribution >= 0.6 is 7.92 Å². The Kier molecular flexibility index (Phi) is 13.3. The topological polar surface area (TPSA) is 55.4 Å². The van der Waals surface area contributed by atoms with Gasteiger partial charge in [0, 0.05) is 42.7 Å². The van der Waals surface area contributed by atoms with Crippen molar-refractivity contribution in [3.05, 3.63) is 88.0 Å². The summed E-state index contributed by atoms with van der Waals surface area (Å²) in [6.45, 7) is 12.5. The highest BCUT2D eigenvalue weighted by Crippen LogP contribution is 2.39. The zero-order valence-electron chi connectivity index (χ0n) is 28.1. The highest BCUT2D eigenvalue weighted by molar-refractivity contribution is 7.79. The lowest BCUT2D eigenvalue weighted by molar-refractivity contribution is 0.114. The second-order valence-corrected chi connectivity index (χ2v) is 13.4. The van der Waals surface area contributed by atoms with Gasteiger partial charge in [0.2, 0.25) is 0 Å². The zero-order valence-corrected chi connectivity index (χ0v) is 29.0. The summed E-state index contributed by atoms with van der Waals surface area (Å²) in [4.78, 5) is 0. The van der Waals surface area contributed by atoms with Crippen LogP contribution in [0.15, 0.2) is 54.6 Å². The minimum Gasteiger partial charge on any atom is -0.377 e. The van der Waals surface area contributed by atoms with E-state index in [1.54, 1.807) is 42.7 Å². The quantitative estimate of drug-likeness (QED) is 0.165. The fourth-order valence-electron chi connectivity index (χ4n) is 5.04. The predicted molar refractivity (Wildman–Crippen MR) is 178 cm³/mol. The minimum absolute atomic E-state index is 0.0764. The average Bonchev–Trinajstić information content (AvgIpc) is 3.05. The minimum atomic E-state index is -1.06. The molecule has 6 nitrogen and oxygen atoms in total. The Labute approximate surface area is 260 Å². The van der Waals surface area contributed by atoms with Gasteiger partial charge in [-0.25, -0.2) is 0 Å². The molecule has 0 aliphatic rings. The van der Waals surface area contributed by atoms with E-state index in [0.29, 0.717) is 0 Å². The summed E-state index contributed by atoms with van der Waals surface area (Å²) in [5.41, 5.74) is 6.70. The molecular weight excluding hydrogens is 559 g/mol. The maximum Gasteiger partial charge on any atom is 0.0793 e. The lowest BCUT2D eigenvalue weighted by Gasteiger charge is -2.27. The molecule has 0 aromatic heterocycles. The van der Waals surface area contributed by atoms with Crippen molar-refractivity contribution in [3.8, 4) is 0 Å². The van der Waals surface area contributed by atoms with E-state index in [2.05, 4.69) is 96.1 Å². The number of hydrogen-bond acceptors (Lipinski definition) is 6. The molecule has 0 amide bonds. The van der Waals surface area contributed by atoms with Crippen LogP contribution in [0.3, 0.4) is 0 Å². The van der Waals surface area contributed by atoms with E-state index in [9.17, 15) is 0 Å². The Morgan fingerprint density at radius 1 is 0.326 bits per heavy atom. The van der Waals surface area contributed by atoms with Gasteiger partial charge in [-0.2, -0.15) is 0 Å². The first kappa shape index (κ1) is 35.3. The van der Waals surface area contributed by atoms with Crippen LogP contribution in [0.25, 0.3) is 0 Å². The molecule has 0 aliphatic carbocycles. The third-order valence-corrected chi connectivity index (χ3v) is 10.9. The second-order valence-electron chi connectivity index (χ2n) is 11.2. The zero-order chi connectivity index (χ0) is 31.8. The van der Waals surface area contributed by atoms with Gasteiger partial charge >= 0.3 is 0 Å². The monoisotopic (exact) mass is 610 g/mol. The van der Waals surface area contributed by atoms with Crippen molar-refractivity contribution in [2.75, 3.05) is 42.7 Å². The van der Waals surface area contributed by atoms with Crippen molar-refractivity contribution < 1.29 is 28.4 Å². The van der Waals surface area contributed by atoms with E-state index in [1.165, 1.54) is 15.9 Å². The molecule has 43 heavy (non-hydrogen) atoms. The molecule has 236 valence electrons. The highest BCUT2D eigenvalue weighted by atomic mass is 31.1. The predicted octanol–water partition coefficient (Wildman–Crippen LogP) is 7.69. The van der Waals surface area contributed by atoms with Crippen LogP contribution in [0.2, 0.25) is 0 Å². The van der Waals surface area contributed by atoms with Gasteiger partial charge in [0.25, 0.3) is 0 Å². The molecule has 0 saturated carbocycles. The average molecular weight is 611 g/mol. The molecule has 0 N–H and O–H groups in total. The maximum atomic E-state index is 5.81. The molecule has 0 spiro atoms. The van der Waals surface area contributed by atoms with E-state index in [1.807, 2.05) is 0 Å². The van der Waals surface area contributed by atoms with Crippen LogP contribution in [-0.2, 0) is 28.4 Å². The number of hydrogen-bond donors (Lipinski definition) is 0. The van der Waals surface area contributed by atoms with Crippen LogP contribution < -0.4 is 15.9 Å². The van der Waals surface area contributed by atoms with Crippen LogP contribution in [0.1, 0.15) is 112 Å². The second kappa shape index (κ2) is 16.2. The lowest BCUT2D eigenvalue weighted by atomic mass is 10.0. The van der Waals surface area contributed by atoms with Gasteiger partial charge in [-0.3, -0.25) is 0 Å². The third kappa shape index (κ3) is 8.52. The first-order chi connectivity index (χ1) is 20.5. The first-order valence-electron chi connectivity index (χ1n) is 14.9. The van der Waals surface area contributed by atoms with E-state index in [-0.39, 0.29) is 36.6 Å². The number of benzene rings is 3. The van der Waals surface area contributed by atoms with Crippen molar-refractivity contribution >= 4 is 23.8 Å². The first-order valence-corrected chi connectivity index (χ1v) is 16.3. The standard InChI is InChI=1S/C36H51O6P/c1-22(37-7)28-13-29(23(2)38-8)17-34(16-28)43(35-18-30(24(3)39-9)14-31(19-35)25(4)40-10)36-20-32(26(5)41-11)15-33(21-36)27(6)42-12/h13-27H,1-12H3/t22-,23-,24-,25-,26-,27-/m1/s1. The van der Waals surface area contributed by atoms with Crippen molar-refractivity contribution in [2.45, 2.75) is 78.2 Å². The van der Waals surface area contributed by atoms with E-state index >= 15 is 0 Å². The van der Waals surface area contributed by atoms with Crippen molar-refractivity contribution in [3.63, 3.8) is 0 Å². The van der Waals surface area contributed by atoms with Crippen LogP contribution in [0.5, 0.6) is 0 Å². The molecule has 0 fully saturated rings. The molecule has 7 heteroatoms. The fraction of sp³-hybridized carbons (Fsp3) is 0.500. The molecule has 3 rings (SSSR count). The van der Waals surface area contributed by atoms with Crippen molar-refractivity contribution in [1.29, 1.82) is 0 Å². The molecule has 0 radical (unpaired) electrons. The normalized spacial score (nSPS) is 16.1. The Balaban J connectivity index is 2.48. The highest BCUT2D eigenvalue weighted by Gasteiger charge is 2.25. The van der Waals surface area contributed by atoms with Gasteiger partial charge in [-0.15, -0.1) is 0 Å². The van der Waals surface area contributed by atoms with Gasteiger partial charge < -0.3 is 28.4 Å². The maximum absolute atomic E-state index is 5.81. The smallest absolute Gasteiger partial charge is 0.0793 e. The van der Waals surface area contributed by atoms with Gasteiger partial charge in [0.05, 0.1) is 36.6 Å². The summed E-state index contributed by atoms with van der Waals surface area (Å²) in [5, 5.41) is 3.64. The molecule has 0 bridgehead atoms. The summed E-state index contributed by atoms with van der Waals surface area (Å²) in [6, 6.07) is 20.4. The summed E-state index contributed by atoms with van der Waals surface area (Å²) < 4.78 is 34.9. The van der Waals surface area contributed by atoms with Gasteiger partial charge in [0.1, 0.15) is 0 Å². The Hall–Kier alpha value is -2.15.